The summed E-state index contributed by atoms with van der Waals surface area (Å²) in [5.41, 5.74) is 20.8. The van der Waals surface area contributed by atoms with Crippen molar-refractivity contribution in [2.24, 2.45) is 0 Å². The molecule has 4 aromatic carbocycles. The number of carbonyl (C=O) groups is 1. The third-order valence-electron chi connectivity index (χ3n) is 12.2. The van der Waals surface area contributed by atoms with E-state index < -0.39 is 0 Å². The standard InChI is InChI=1S/C56H52N4O2/c1-32-28-33(2)50(34(3)29-32)54-47-26-24-43(59-47)51(35-12-16-39(17-13-35)55(4,5)6)41-20-22-45(57-41)53(37-10-11-38(31-61)49(62)30-37)46-23-21-42(58-46)52(44-25-27-48(54)60-44)36-14-18-40(19-15-36)56(7,8)9/h10-31,57,60,62H,1-9H3. The van der Waals surface area contributed by atoms with E-state index in [4.69, 9.17) is 9.97 Å². The summed E-state index contributed by atoms with van der Waals surface area (Å²) in [5, 5.41) is 11.0. The molecule has 3 aromatic heterocycles. The Hall–Kier alpha value is -7.05. The molecule has 6 nitrogen and oxygen atoms in total. The number of aromatic nitrogens is 4. The molecule has 0 saturated carbocycles. The molecule has 5 heterocycles. The van der Waals surface area contributed by atoms with Gasteiger partial charge >= 0.3 is 0 Å². The summed E-state index contributed by atoms with van der Waals surface area (Å²) in [4.78, 5) is 30.4. The van der Waals surface area contributed by atoms with Crippen molar-refractivity contribution in [3.05, 3.63) is 159 Å². The lowest BCUT2D eigenvalue weighted by Gasteiger charge is -2.19. The molecular weight excluding hydrogens is 761 g/mol. The van der Waals surface area contributed by atoms with Crippen LogP contribution in [-0.4, -0.2) is 31.3 Å². The normalized spacial score (nSPS) is 12.6. The minimum Gasteiger partial charge on any atom is -0.507 e. The number of aromatic hydroxyl groups is 1. The van der Waals surface area contributed by atoms with E-state index in [1.807, 2.05) is 12.1 Å². The van der Waals surface area contributed by atoms with E-state index in [1.54, 1.807) is 12.1 Å². The number of nitrogens with one attached hydrogen (secondary N) is 2. The second-order valence-electron chi connectivity index (χ2n) is 18.8. The number of H-pyrrole nitrogens is 2. The molecule has 2 aliphatic heterocycles. The van der Waals surface area contributed by atoms with Crippen LogP contribution in [0.15, 0.2) is 103 Å². The first kappa shape index (κ1) is 40.4. The minimum absolute atomic E-state index is 0.00903. The van der Waals surface area contributed by atoms with Gasteiger partial charge in [-0.1, -0.05) is 114 Å². The fourth-order valence-corrected chi connectivity index (χ4v) is 9.03. The number of hydrogen-bond donors (Lipinski definition) is 3. The van der Waals surface area contributed by atoms with E-state index in [-0.39, 0.29) is 22.1 Å². The van der Waals surface area contributed by atoms with Crippen molar-refractivity contribution < 1.29 is 9.90 Å². The van der Waals surface area contributed by atoms with E-state index in [0.717, 1.165) is 89.4 Å². The number of rotatable bonds is 5. The van der Waals surface area contributed by atoms with Gasteiger partial charge < -0.3 is 15.1 Å². The van der Waals surface area contributed by atoms with Crippen molar-refractivity contribution in [1.82, 2.24) is 19.9 Å². The van der Waals surface area contributed by atoms with Crippen molar-refractivity contribution in [1.29, 1.82) is 0 Å². The third kappa shape index (κ3) is 7.30. The number of aldehydes is 1. The van der Waals surface area contributed by atoms with Crippen LogP contribution >= 0.6 is 0 Å². The minimum atomic E-state index is -0.0911. The average Bonchev–Trinajstić information content (AvgIpc) is 4.06. The van der Waals surface area contributed by atoms with Gasteiger partial charge in [0.1, 0.15) is 5.75 Å². The largest absolute Gasteiger partial charge is 0.507 e. The summed E-state index contributed by atoms with van der Waals surface area (Å²) in [7, 11) is 0. The molecule has 2 aliphatic rings. The summed E-state index contributed by atoms with van der Waals surface area (Å²) in [5.74, 6) is -0.0911. The smallest absolute Gasteiger partial charge is 0.153 e. The van der Waals surface area contributed by atoms with Crippen LogP contribution < -0.4 is 0 Å². The zero-order chi connectivity index (χ0) is 43.7. The molecule has 0 atom stereocenters. The molecule has 7 aromatic rings. The molecule has 0 fully saturated rings. The van der Waals surface area contributed by atoms with Gasteiger partial charge in [-0.25, -0.2) is 9.97 Å². The van der Waals surface area contributed by atoms with Gasteiger partial charge in [0, 0.05) is 44.3 Å². The highest BCUT2D eigenvalue weighted by Gasteiger charge is 2.22. The highest BCUT2D eigenvalue weighted by molar-refractivity contribution is 6.00. The lowest BCUT2D eigenvalue weighted by Crippen LogP contribution is -2.10. The summed E-state index contributed by atoms with van der Waals surface area (Å²) in [6, 6.07) is 35.8. The van der Waals surface area contributed by atoms with E-state index in [0.29, 0.717) is 6.29 Å². The summed E-state index contributed by atoms with van der Waals surface area (Å²) < 4.78 is 0. The second kappa shape index (κ2) is 15.1. The van der Waals surface area contributed by atoms with Crippen LogP contribution in [0.2, 0.25) is 0 Å². The molecule has 0 radical (unpaired) electrons. The molecule has 0 aliphatic carbocycles. The Balaban J connectivity index is 1.46. The predicted octanol–water partition coefficient (Wildman–Crippen LogP) is 14.4. The van der Waals surface area contributed by atoms with Crippen LogP contribution in [-0.2, 0) is 10.8 Å². The SMILES string of the molecule is Cc1cc(C)c(-c2c3nc(c(-c4ccc(C(C)(C)C)cc4)c4ccc([nH]4)c(-c4ccc(C=O)c(O)c4)c4nc(c(-c5ccc(C(C)(C)C)cc5)c5ccc2[nH]5)C=C4)C=C3)c(C)c1. The lowest BCUT2D eigenvalue weighted by molar-refractivity contribution is 0.112. The van der Waals surface area contributed by atoms with Crippen LogP contribution in [0.3, 0.4) is 0 Å². The van der Waals surface area contributed by atoms with E-state index in [9.17, 15) is 9.90 Å². The maximum atomic E-state index is 11.8. The first-order chi connectivity index (χ1) is 29.6. The highest BCUT2D eigenvalue weighted by atomic mass is 16.3. The number of fused-ring (bicyclic) bond motifs is 8. The zero-order valence-corrected chi connectivity index (χ0v) is 37.0. The number of carbonyl (C=O) groups excluding carboxylic acids is 1. The molecule has 9 rings (SSSR count). The topological polar surface area (TPSA) is 94.7 Å². The monoisotopic (exact) mass is 812 g/mol. The van der Waals surface area contributed by atoms with Gasteiger partial charge in [-0.15, -0.1) is 0 Å². The summed E-state index contributed by atoms with van der Waals surface area (Å²) >= 11 is 0. The fourth-order valence-electron chi connectivity index (χ4n) is 9.03. The van der Waals surface area contributed by atoms with Gasteiger partial charge in [-0.3, -0.25) is 4.79 Å². The van der Waals surface area contributed by atoms with E-state index in [1.165, 1.54) is 27.8 Å². The molecule has 62 heavy (non-hydrogen) atoms. The number of hydrogen-bond acceptors (Lipinski definition) is 4. The Morgan fingerprint density at radius 3 is 1.23 bits per heavy atom. The summed E-state index contributed by atoms with van der Waals surface area (Å²) in [6.07, 6.45) is 9.05. The van der Waals surface area contributed by atoms with Gasteiger partial charge in [0.15, 0.2) is 6.29 Å². The van der Waals surface area contributed by atoms with Crippen molar-refractivity contribution in [3.63, 3.8) is 0 Å². The van der Waals surface area contributed by atoms with Crippen LogP contribution in [0, 0.1) is 20.8 Å². The van der Waals surface area contributed by atoms with Crippen LogP contribution in [0.4, 0.5) is 0 Å². The van der Waals surface area contributed by atoms with E-state index in [2.05, 4.69) is 175 Å². The molecule has 308 valence electrons. The van der Waals surface area contributed by atoms with Crippen molar-refractivity contribution in [2.75, 3.05) is 0 Å². The molecule has 6 heteroatoms. The number of phenolic OH excluding ortho intramolecular Hbond substituents is 1. The number of aryl methyl sites for hydroxylation is 3. The quantitative estimate of drug-likeness (QED) is 0.151. The predicted molar refractivity (Wildman–Crippen MR) is 259 cm³/mol. The first-order valence-electron chi connectivity index (χ1n) is 21.3. The molecule has 0 saturated heterocycles. The zero-order valence-electron chi connectivity index (χ0n) is 37.0. The Bertz CT molecular complexity index is 3100. The van der Waals surface area contributed by atoms with Gasteiger partial charge in [0.25, 0.3) is 0 Å². The molecule has 0 spiro atoms. The van der Waals surface area contributed by atoms with E-state index >= 15 is 0 Å². The molecule has 0 amide bonds. The number of phenols is 1. The Labute approximate surface area is 363 Å². The van der Waals surface area contributed by atoms with Crippen LogP contribution in [0.25, 0.3) is 90.9 Å². The van der Waals surface area contributed by atoms with Crippen molar-refractivity contribution in [2.45, 2.75) is 73.1 Å². The second-order valence-corrected chi connectivity index (χ2v) is 18.8. The van der Waals surface area contributed by atoms with Gasteiger partial charge in [-0.05, 0) is 137 Å². The molecular formula is C56H52N4O2. The molecule has 0 unspecified atom stereocenters. The maximum Gasteiger partial charge on any atom is 0.153 e. The third-order valence-corrected chi connectivity index (χ3v) is 12.2. The fraction of sp³-hybridized carbons (Fsp3) is 0.196. The summed E-state index contributed by atoms with van der Waals surface area (Å²) in [6.45, 7) is 19.9. The number of benzene rings is 4. The molecule has 3 N–H and O–H groups in total. The van der Waals surface area contributed by atoms with Crippen molar-refractivity contribution >= 4 is 52.7 Å². The maximum absolute atomic E-state index is 11.8. The van der Waals surface area contributed by atoms with Crippen molar-refractivity contribution in [3.8, 4) is 50.3 Å². The number of nitrogens with zero attached hydrogens (tertiary/aromatic N) is 2. The van der Waals surface area contributed by atoms with Gasteiger partial charge in [-0.2, -0.15) is 0 Å². The van der Waals surface area contributed by atoms with Crippen LogP contribution in [0.1, 0.15) is 102 Å². The highest BCUT2D eigenvalue weighted by Crippen LogP contribution is 2.41. The Morgan fingerprint density at radius 2 is 0.839 bits per heavy atom. The Kier molecular flexibility index (Phi) is 9.86. The number of aromatic amines is 2. The van der Waals surface area contributed by atoms with Gasteiger partial charge in [0.2, 0.25) is 0 Å². The first-order valence-corrected chi connectivity index (χ1v) is 21.3. The van der Waals surface area contributed by atoms with Gasteiger partial charge in [0.05, 0.1) is 28.3 Å². The Morgan fingerprint density at radius 1 is 0.468 bits per heavy atom. The lowest BCUT2D eigenvalue weighted by atomic mass is 9.86. The molecule has 8 bridgehead atoms. The average molecular weight is 813 g/mol. The van der Waals surface area contributed by atoms with Crippen LogP contribution in [0.5, 0.6) is 5.75 Å².